The van der Waals surface area contributed by atoms with Crippen molar-refractivity contribution in [1.29, 1.82) is 0 Å². The lowest BCUT2D eigenvalue weighted by Crippen LogP contribution is -2.26. The number of hydrogen-bond acceptors (Lipinski definition) is 4. The maximum absolute atomic E-state index is 11.8. The summed E-state index contributed by atoms with van der Waals surface area (Å²) in [5, 5.41) is 12.3. The molecule has 1 aromatic heterocycles. The van der Waals surface area contributed by atoms with E-state index < -0.39 is 0 Å². The molecule has 3 rings (SSSR count). The Labute approximate surface area is 128 Å². The van der Waals surface area contributed by atoms with Crippen molar-refractivity contribution in [2.45, 2.75) is 13.5 Å². The predicted molar refractivity (Wildman–Crippen MR) is 88.0 cm³/mol. The highest BCUT2D eigenvalue weighted by Crippen LogP contribution is 2.28. The molecule has 4 heteroatoms. The van der Waals surface area contributed by atoms with Crippen molar-refractivity contribution < 1.29 is 9.52 Å². The van der Waals surface area contributed by atoms with E-state index in [-0.39, 0.29) is 12.2 Å². The Morgan fingerprint density at radius 3 is 2.77 bits per heavy atom. The van der Waals surface area contributed by atoms with Gasteiger partial charge in [0.25, 0.3) is 0 Å². The van der Waals surface area contributed by atoms with Gasteiger partial charge in [-0.25, -0.2) is 4.79 Å². The van der Waals surface area contributed by atoms with Crippen LogP contribution in [0.1, 0.15) is 12.5 Å². The predicted octanol–water partition coefficient (Wildman–Crippen LogP) is 2.76. The Morgan fingerprint density at radius 2 is 2.00 bits per heavy atom. The van der Waals surface area contributed by atoms with Crippen LogP contribution in [-0.2, 0) is 6.54 Å². The van der Waals surface area contributed by atoms with Crippen LogP contribution in [0.2, 0.25) is 0 Å². The van der Waals surface area contributed by atoms with Gasteiger partial charge in [-0.1, -0.05) is 37.3 Å². The van der Waals surface area contributed by atoms with Crippen LogP contribution in [0, 0.1) is 0 Å². The fraction of sp³-hybridized carbons (Fsp3) is 0.278. The molecule has 2 aromatic carbocycles. The third-order valence-electron chi connectivity index (χ3n) is 3.97. The van der Waals surface area contributed by atoms with Crippen LogP contribution >= 0.6 is 0 Å². The SMILES string of the molecule is CCN(CCO)Cc1cc(=O)oc2ccc3ccccc3c12. The van der Waals surface area contributed by atoms with Crippen molar-refractivity contribution in [2.24, 2.45) is 0 Å². The standard InChI is InChI=1S/C18H19NO3/c1-2-19(9-10-20)12-14-11-17(21)22-16-8-7-13-5-3-4-6-15(13)18(14)16/h3-8,11,20H,2,9-10,12H2,1H3. The summed E-state index contributed by atoms with van der Waals surface area (Å²) < 4.78 is 5.36. The van der Waals surface area contributed by atoms with Crippen LogP contribution in [0.25, 0.3) is 21.7 Å². The van der Waals surface area contributed by atoms with Gasteiger partial charge in [0.05, 0.1) is 6.61 Å². The third-order valence-corrected chi connectivity index (χ3v) is 3.97. The van der Waals surface area contributed by atoms with Crippen LogP contribution in [-0.4, -0.2) is 29.7 Å². The molecule has 0 spiro atoms. The highest BCUT2D eigenvalue weighted by atomic mass is 16.4. The summed E-state index contributed by atoms with van der Waals surface area (Å²) in [5.41, 5.74) is 1.22. The molecule has 4 nitrogen and oxygen atoms in total. The normalized spacial score (nSPS) is 11.6. The second-order valence-electron chi connectivity index (χ2n) is 5.34. The fourth-order valence-electron chi connectivity index (χ4n) is 2.88. The van der Waals surface area contributed by atoms with Crippen molar-refractivity contribution in [1.82, 2.24) is 4.90 Å². The lowest BCUT2D eigenvalue weighted by atomic mass is 10.0. The number of fused-ring (bicyclic) bond motifs is 3. The molecule has 114 valence electrons. The van der Waals surface area contributed by atoms with E-state index in [4.69, 9.17) is 9.52 Å². The molecule has 0 aliphatic rings. The van der Waals surface area contributed by atoms with Gasteiger partial charge in [-0.2, -0.15) is 0 Å². The number of hydrogen-bond donors (Lipinski definition) is 1. The van der Waals surface area contributed by atoms with Gasteiger partial charge in [0, 0.05) is 24.5 Å². The van der Waals surface area contributed by atoms with Gasteiger partial charge >= 0.3 is 5.63 Å². The number of likely N-dealkylation sites (N-methyl/N-ethyl adjacent to an activating group) is 1. The zero-order chi connectivity index (χ0) is 15.5. The first-order valence-electron chi connectivity index (χ1n) is 7.50. The number of aliphatic hydroxyl groups is 1. The number of benzene rings is 2. The minimum atomic E-state index is -0.335. The highest BCUT2D eigenvalue weighted by Gasteiger charge is 2.12. The monoisotopic (exact) mass is 297 g/mol. The summed E-state index contributed by atoms with van der Waals surface area (Å²) in [4.78, 5) is 13.9. The second-order valence-corrected chi connectivity index (χ2v) is 5.34. The number of aliphatic hydroxyl groups excluding tert-OH is 1. The van der Waals surface area contributed by atoms with E-state index in [1.165, 1.54) is 0 Å². The van der Waals surface area contributed by atoms with Crippen molar-refractivity contribution in [3.63, 3.8) is 0 Å². The minimum absolute atomic E-state index is 0.105. The van der Waals surface area contributed by atoms with E-state index in [1.54, 1.807) is 6.07 Å². The van der Waals surface area contributed by atoms with E-state index >= 15 is 0 Å². The first kappa shape index (κ1) is 14.8. The molecule has 0 aliphatic heterocycles. The molecule has 1 N–H and O–H groups in total. The second kappa shape index (κ2) is 6.30. The van der Waals surface area contributed by atoms with E-state index in [0.29, 0.717) is 18.7 Å². The van der Waals surface area contributed by atoms with E-state index in [2.05, 4.69) is 11.0 Å². The van der Waals surface area contributed by atoms with Gasteiger partial charge in [0.15, 0.2) is 0 Å². The molecule has 0 aliphatic carbocycles. The zero-order valence-corrected chi connectivity index (χ0v) is 12.6. The van der Waals surface area contributed by atoms with Crippen molar-refractivity contribution in [3.05, 3.63) is 58.4 Å². The number of nitrogens with zero attached hydrogens (tertiary/aromatic N) is 1. The van der Waals surface area contributed by atoms with Crippen LogP contribution in [0.3, 0.4) is 0 Å². The maximum Gasteiger partial charge on any atom is 0.336 e. The average Bonchev–Trinajstić information content (AvgIpc) is 2.53. The van der Waals surface area contributed by atoms with Crippen molar-refractivity contribution >= 4 is 21.7 Å². The molecule has 0 bridgehead atoms. The van der Waals surface area contributed by atoms with Gasteiger partial charge in [0.1, 0.15) is 5.58 Å². The van der Waals surface area contributed by atoms with Crippen LogP contribution in [0.4, 0.5) is 0 Å². The van der Waals surface area contributed by atoms with E-state index in [0.717, 1.165) is 28.3 Å². The average molecular weight is 297 g/mol. The zero-order valence-electron chi connectivity index (χ0n) is 12.6. The van der Waals surface area contributed by atoms with Gasteiger partial charge in [-0.05, 0) is 28.9 Å². The molecular formula is C18H19NO3. The third kappa shape index (κ3) is 2.75. The Balaban J connectivity index is 2.23. The smallest absolute Gasteiger partial charge is 0.336 e. The molecule has 0 saturated heterocycles. The van der Waals surface area contributed by atoms with Crippen molar-refractivity contribution in [3.8, 4) is 0 Å². The fourth-order valence-corrected chi connectivity index (χ4v) is 2.88. The Hall–Kier alpha value is -2.17. The van der Waals surface area contributed by atoms with E-state index in [1.807, 2.05) is 37.3 Å². The summed E-state index contributed by atoms with van der Waals surface area (Å²) in [6.45, 7) is 4.17. The molecule has 0 radical (unpaired) electrons. The summed E-state index contributed by atoms with van der Waals surface area (Å²) in [6.07, 6.45) is 0. The summed E-state index contributed by atoms with van der Waals surface area (Å²) in [7, 11) is 0. The Kier molecular flexibility index (Phi) is 4.22. The maximum atomic E-state index is 11.8. The van der Waals surface area contributed by atoms with Crippen molar-refractivity contribution in [2.75, 3.05) is 19.7 Å². The quantitative estimate of drug-likeness (QED) is 0.581. The first-order valence-corrected chi connectivity index (χ1v) is 7.50. The Morgan fingerprint density at radius 1 is 1.18 bits per heavy atom. The molecule has 1 heterocycles. The molecule has 22 heavy (non-hydrogen) atoms. The molecule has 0 amide bonds. The molecule has 0 saturated carbocycles. The summed E-state index contributed by atoms with van der Waals surface area (Å²) >= 11 is 0. The topological polar surface area (TPSA) is 53.7 Å². The van der Waals surface area contributed by atoms with Gasteiger partial charge in [0.2, 0.25) is 0 Å². The van der Waals surface area contributed by atoms with Crippen LogP contribution in [0.5, 0.6) is 0 Å². The Bertz CT molecular complexity index is 854. The highest BCUT2D eigenvalue weighted by molar-refractivity contribution is 6.07. The molecule has 0 unspecified atom stereocenters. The lowest BCUT2D eigenvalue weighted by Gasteiger charge is -2.20. The van der Waals surface area contributed by atoms with Crippen LogP contribution < -0.4 is 5.63 Å². The van der Waals surface area contributed by atoms with Gasteiger partial charge in [-0.3, -0.25) is 4.90 Å². The summed E-state index contributed by atoms with van der Waals surface area (Å²) in [6, 6.07) is 13.5. The van der Waals surface area contributed by atoms with Crippen LogP contribution in [0.15, 0.2) is 51.7 Å². The number of rotatable bonds is 5. The molecule has 3 aromatic rings. The largest absolute Gasteiger partial charge is 0.423 e. The molecule has 0 atom stereocenters. The van der Waals surface area contributed by atoms with Gasteiger partial charge < -0.3 is 9.52 Å². The lowest BCUT2D eigenvalue weighted by molar-refractivity contribution is 0.197. The molecular weight excluding hydrogens is 278 g/mol. The van der Waals surface area contributed by atoms with Gasteiger partial charge in [-0.15, -0.1) is 0 Å². The summed E-state index contributed by atoms with van der Waals surface area (Å²) in [5.74, 6) is 0. The minimum Gasteiger partial charge on any atom is -0.423 e. The van der Waals surface area contributed by atoms with E-state index in [9.17, 15) is 4.79 Å². The first-order chi connectivity index (χ1) is 10.7. The molecule has 0 fully saturated rings.